The number of aromatic nitrogens is 1. The van der Waals surface area contributed by atoms with Gasteiger partial charge in [-0.25, -0.2) is 13.6 Å². The van der Waals surface area contributed by atoms with Gasteiger partial charge < -0.3 is 24.6 Å². The van der Waals surface area contributed by atoms with Crippen LogP contribution < -0.4 is 9.64 Å². The Morgan fingerprint density at radius 2 is 1.67 bits per heavy atom. The number of anilines is 1. The van der Waals surface area contributed by atoms with Crippen LogP contribution in [0.2, 0.25) is 0 Å². The van der Waals surface area contributed by atoms with E-state index in [2.05, 4.69) is 18.7 Å². The third kappa shape index (κ3) is 8.38. The van der Waals surface area contributed by atoms with Crippen LogP contribution in [0.15, 0.2) is 42.5 Å². The Bertz CT molecular complexity index is 1510. The van der Waals surface area contributed by atoms with E-state index in [1.807, 2.05) is 0 Å². The summed E-state index contributed by atoms with van der Waals surface area (Å²) in [6.07, 6.45) is 0.835. The first-order valence-corrected chi connectivity index (χ1v) is 15.5. The maximum absolute atomic E-state index is 15.7. The number of aryl methyl sites for hydroxylation is 1. The standard InChI is InChI=1S/C36H46F2N2O5/c1-22-28(31(33(41)42)45-34(2,3)4)30(40-18-16-35(5,6)17-19-40)29(32(39-22)36(7,8)43)24-11-14-27(26(38)21-24)44-20-15-23-9-12-25(37)13-10-23/h9-14,21,31,43H,15-20H2,1-8H3,(H,41,42)/t31-/m0/s1. The minimum Gasteiger partial charge on any atom is -0.490 e. The average molecular weight is 625 g/mol. The first-order chi connectivity index (χ1) is 20.9. The first-order valence-electron chi connectivity index (χ1n) is 15.5. The highest BCUT2D eigenvalue weighted by Crippen LogP contribution is 2.47. The van der Waals surface area contributed by atoms with E-state index in [1.54, 1.807) is 59.7 Å². The van der Waals surface area contributed by atoms with Gasteiger partial charge in [-0.05, 0) is 95.2 Å². The van der Waals surface area contributed by atoms with Crippen LogP contribution in [0, 0.1) is 24.0 Å². The molecule has 1 aliphatic heterocycles. The molecule has 2 heterocycles. The Morgan fingerprint density at radius 1 is 1.04 bits per heavy atom. The summed E-state index contributed by atoms with van der Waals surface area (Å²) in [6, 6.07) is 10.7. The zero-order valence-electron chi connectivity index (χ0n) is 27.6. The summed E-state index contributed by atoms with van der Waals surface area (Å²) < 4.78 is 40.9. The number of carboxylic acids is 1. The second-order valence-corrected chi connectivity index (χ2v) is 14.2. The van der Waals surface area contributed by atoms with E-state index in [4.69, 9.17) is 14.5 Å². The molecular weight excluding hydrogens is 578 g/mol. The molecule has 2 N–H and O–H groups in total. The summed E-state index contributed by atoms with van der Waals surface area (Å²) in [5, 5.41) is 21.8. The molecule has 1 atom stereocenters. The summed E-state index contributed by atoms with van der Waals surface area (Å²) in [6.45, 7) is 16.2. The summed E-state index contributed by atoms with van der Waals surface area (Å²) >= 11 is 0. The molecule has 9 heteroatoms. The first kappa shape index (κ1) is 34.3. The van der Waals surface area contributed by atoms with E-state index in [0.29, 0.717) is 53.3 Å². The lowest BCUT2D eigenvalue weighted by atomic mass is 9.81. The van der Waals surface area contributed by atoms with Crippen molar-refractivity contribution in [1.29, 1.82) is 0 Å². The van der Waals surface area contributed by atoms with Gasteiger partial charge in [-0.15, -0.1) is 0 Å². The van der Waals surface area contributed by atoms with E-state index in [-0.39, 0.29) is 23.6 Å². The van der Waals surface area contributed by atoms with Crippen molar-refractivity contribution in [2.24, 2.45) is 5.41 Å². The van der Waals surface area contributed by atoms with Gasteiger partial charge in [0.2, 0.25) is 0 Å². The topological polar surface area (TPSA) is 92.1 Å². The number of hydrogen-bond donors (Lipinski definition) is 2. The Hall–Kier alpha value is -3.56. The number of halogens is 2. The van der Waals surface area contributed by atoms with Gasteiger partial charge in [-0.2, -0.15) is 0 Å². The molecule has 1 saturated heterocycles. The summed E-state index contributed by atoms with van der Waals surface area (Å²) in [5.74, 6) is -2.05. The number of piperidine rings is 1. The van der Waals surface area contributed by atoms with Gasteiger partial charge in [0, 0.05) is 36.3 Å². The van der Waals surface area contributed by atoms with E-state index in [1.165, 1.54) is 24.3 Å². The molecule has 0 amide bonds. The van der Waals surface area contributed by atoms with E-state index in [9.17, 15) is 19.4 Å². The third-order valence-electron chi connectivity index (χ3n) is 8.15. The summed E-state index contributed by atoms with van der Waals surface area (Å²) in [7, 11) is 0. The van der Waals surface area contributed by atoms with Gasteiger partial charge in [-0.1, -0.05) is 32.0 Å². The Kier molecular flexibility index (Phi) is 9.95. The number of nitrogens with zero attached hydrogens (tertiary/aromatic N) is 2. The molecule has 0 spiro atoms. The number of hydrogen-bond acceptors (Lipinski definition) is 6. The number of aliphatic hydroxyl groups is 1. The number of pyridine rings is 1. The minimum atomic E-state index is -1.44. The fourth-order valence-corrected chi connectivity index (χ4v) is 5.69. The molecule has 0 aliphatic carbocycles. The predicted octanol–water partition coefficient (Wildman–Crippen LogP) is 7.75. The van der Waals surface area contributed by atoms with Crippen molar-refractivity contribution >= 4 is 11.7 Å². The maximum atomic E-state index is 15.7. The molecular formula is C36H46F2N2O5. The number of carboxylic acid groups (broad SMARTS) is 1. The average Bonchev–Trinajstić information content (AvgIpc) is 2.92. The van der Waals surface area contributed by atoms with Gasteiger partial charge >= 0.3 is 5.97 Å². The van der Waals surface area contributed by atoms with Crippen molar-refractivity contribution < 1.29 is 33.3 Å². The Labute approximate surface area is 265 Å². The number of benzene rings is 2. The monoisotopic (exact) mass is 624 g/mol. The molecule has 2 aromatic carbocycles. The molecule has 244 valence electrons. The largest absolute Gasteiger partial charge is 0.490 e. The molecule has 1 aromatic heterocycles. The highest BCUT2D eigenvalue weighted by molar-refractivity contribution is 5.88. The lowest BCUT2D eigenvalue weighted by Crippen LogP contribution is -2.40. The van der Waals surface area contributed by atoms with Crippen LogP contribution in [-0.4, -0.2) is 46.5 Å². The van der Waals surface area contributed by atoms with Crippen molar-refractivity contribution in [2.75, 3.05) is 24.6 Å². The van der Waals surface area contributed by atoms with E-state index in [0.717, 1.165) is 18.4 Å². The number of ether oxygens (including phenoxy) is 2. The highest BCUT2D eigenvalue weighted by Gasteiger charge is 2.39. The van der Waals surface area contributed by atoms with Crippen molar-refractivity contribution in [2.45, 2.75) is 92.0 Å². The maximum Gasteiger partial charge on any atom is 0.337 e. The minimum absolute atomic E-state index is 0.0479. The second-order valence-electron chi connectivity index (χ2n) is 14.2. The molecule has 0 bridgehead atoms. The van der Waals surface area contributed by atoms with Crippen LogP contribution in [0.25, 0.3) is 11.1 Å². The molecule has 1 aliphatic rings. The molecule has 4 rings (SSSR count). The fraction of sp³-hybridized carbons (Fsp3) is 0.500. The van der Waals surface area contributed by atoms with Crippen LogP contribution in [-0.2, 0) is 21.6 Å². The molecule has 3 aromatic rings. The third-order valence-corrected chi connectivity index (χ3v) is 8.15. The molecule has 0 saturated carbocycles. The van der Waals surface area contributed by atoms with Crippen LogP contribution in [0.4, 0.5) is 14.5 Å². The van der Waals surface area contributed by atoms with Gasteiger partial charge in [0.05, 0.1) is 23.6 Å². The van der Waals surface area contributed by atoms with Crippen LogP contribution in [0.1, 0.15) is 89.9 Å². The van der Waals surface area contributed by atoms with Crippen molar-refractivity contribution in [1.82, 2.24) is 4.98 Å². The van der Waals surface area contributed by atoms with E-state index < -0.39 is 29.1 Å². The predicted molar refractivity (Wildman–Crippen MR) is 172 cm³/mol. The molecule has 1 fully saturated rings. The Balaban J connectivity index is 1.87. The fourth-order valence-electron chi connectivity index (χ4n) is 5.69. The Morgan fingerprint density at radius 3 is 2.20 bits per heavy atom. The highest BCUT2D eigenvalue weighted by atomic mass is 19.1. The van der Waals surface area contributed by atoms with Gasteiger partial charge in [0.25, 0.3) is 0 Å². The molecule has 0 radical (unpaired) electrons. The van der Waals surface area contributed by atoms with Gasteiger partial charge in [0.1, 0.15) is 11.4 Å². The molecule has 7 nitrogen and oxygen atoms in total. The molecule has 45 heavy (non-hydrogen) atoms. The number of aliphatic carboxylic acids is 1. The number of rotatable bonds is 10. The van der Waals surface area contributed by atoms with Crippen LogP contribution in [0.5, 0.6) is 5.75 Å². The summed E-state index contributed by atoms with van der Waals surface area (Å²) in [5.41, 5.74) is 1.34. The van der Waals surface area contributed by atoms with Crippen molar-refractivity contribution in [3.05, 3.63) is 76.6 Å². The van der Waals surface area contributed by atoms with Crippen LogP contribution in [0.3, 0.4) is 0 Å². The zero-order chi connectivity index (χ0) is 33.3. The van der Waals surface area contributed by atoms with Crippen LogP contribution >= 0.6 is 0 Å². The smallest absolute Gasteiger partial charge is 0.337 e. The second kappa shape index (κ2) is 13.0. The molecule has 0 unspecified atom stereocenters. The lowest BCUT2D eigenvalue weighted by molar-refractivity contribution is -0.160. The van der Waals surface area contributed by atoms with Crippen molar-refractivity contribution in [3.8, 4) is 16.9 Å². The zero-order valence-corrected chi connectivity index (χ0v) is 27.6. The van der Waals surface area contributed by atoms with E-state index >= 15 is 4.39 Å². The SMILES string of the molecule is Cc1nc(C(C)(C)O)c(-c2ccc(OCCc3ccc(F)cc3)c(F)c2)c(N2CCC(C)(C)CC2)c1[C@H](OC(C)(C)C)C(=O)O. The van der Waals surface area contributed by atoms with Gasteiger partial charge in [-0.3, -0.25) is 4.98 Å². The van der Waals surface area contributed by atoms with Gasteiger partial charge in [0.15, 0.2) is 17.7 Å². The number of carbonyl (C=O) groups is 1. The normalized spacial score (nSPS) is 16.0. The lowest BCUT2D eigenvalue weighted by Gasteiger charge is -2.42. The summed E-state index contributed by atoms with van der Waals surface area (Å²) in [4.78, 5) is 19.7. The van der Waals surface area contributed by atoms with Crippen molar-refractivity contribution in [3.63, 3.8) is 0 Å². The quantitative estimate of drug-likeness (QED) is 0.238.